The van der Waals surface area contributed by atoms with Crippen molar-refractivity contribution in [2.24, 2.45) is 16.5 Å². The van der Waals surface area contributed by atoms with E-state index in [9.17, 15) is 24.3 Å². The van der Waals surface area contributed by atoms with Crippen LogP contribution in [0.4, 0.5) is 0 Å². The predicted octanol–water partition coefficient (Wildman–Crippen LogP) is 4.82. The molecule has 4 amide bonds. The van der Waals surface area contributed by atoms with Gasteiger partial charge in [0.15, 0.2) is 5.96 Å². The molecule has 0 spiro atoms. The van der Waals surface area contributed by atoms with Gasteiger partial charge in [0.1, 0.15) is 30.0 Å². The molecule has 10 N–H and O–H groups in total. The van der Waals surface area contributed by atoms with Crippen LogP contribution in [0.25, 0.3) is 10.9 Å². The van der Waals surface area contributed by atoms with E-state index in [0.29, 0.717) is 31.2 Å². The first kappa shape index (κ1) is 46.2. The van der Waals surface area contributed by atoms with Gasteiger partial charge in [0.2, 0.25) is 23.6 Å². The van der Waals surface area contributed by atoms with Gasteiger partial charge in [0.25, 0.3) is 0 Å². The number of phenols is 1. The molecule has 1 aliphatic heterocycles. The molecule has 61 heavy (non-hydrogen) atoms. The van der Waals surface area contributed by atoms with Crippen molar-refractivity contribution in [2.75, 3.05) is 13.2 Å². The van der Waals surface area contributed by atoms with Crippen LogP contribution in [0.5, 0.6) is 5.75 Å². The molecule has 4 aromatic rings. The van der Waals surface area contributed by atoms with Crippen molar-refractivity contribution in [2.45, 2.75) is 127 Å². The third-order valence-corrected chi connectivity index (χ3v) is 11.0. The minimum Gasteiger partial charge on any atom is -0.508 e. The van der Waals surface area contributed by atoms with E-state index in [0.717, 1.165) is 47.8 Å². The van der Waals surface area contributed by atoms with Crippen LogP contribution in [0.15, 0.2) is 89.9 Å². The number of phenolic OH excluding ortho intramolecular Hbond substituents is 1. The fourth-order valence-electron chi connectivity index (χ4n) is 7.67. The van der Waals surface area contributed by atoms with Gasteiger partial charge in [0, 0.05) is 30.6 Å². The first-order valence-corrected chi connectivity index (χ1v) is 21.8. The molecule has 1 aliphatic rings. The van der Waals surface area contributed by atoms with Crippen LogP contribution < -0.4 is 32.7 Å². The smallest absolute Gasteiger partial charge is 0.249 e. The Labute approximate surface area is 359 Å². The van der Waals surface area contributed by atoms with Crippen LogP contribution in [-0.2, 0) is 43.2 Å². The van der Waals surface area contributed by atoms with Crippen molar-refractivity contribution in [1.82, 2.24) is 26.3 Å². The molecule has 1 fully saturated rings. The molecule has 0 bridgehead atoms. The number of para-hydroxylation sites is 1. The maximum atomic E-state index is 14.5. The highest BCUT2D eigenvalue weighted by molar-refractivity contribution is 5.95. The van der Waals surface area contributed by atoms with Gasteiger partial charge in [-0.05, 0) is 66.5 Å². The predicted molar refractivity (Wildman–Crippen MR) is 239 cm³/mol. The summed E-state index contributed by atoms with van der Waals surface area (Å²) in [5.41, 5.74) is 14.4. The number of nitrogens with zero attached hydrogens (tertiary/aromatic N) is 1. The second kappa shape index (κ2) is 24.4. The zero-order valence-corrected chi connectivity index (χ0v) is 35.4. The fourth-order valence-corrected chi connectivity index (χ4v) is 7.67. The van der Waals surface area contributed by atoms with Gasteiger partial charge in [-0.3, -0.25) is 24.2 Å². The molecule has 14 heteroatoms. The molecule has 1 saturated heterocycles. The lowest BCUT2D eigenvalue weighted by Gasteiger charge is -2.26. The van der Waals surface area contributed by atoms with Crippen LogP contribution in [0.1, 0.15) is 94.4 Å². The van der Waals surface area contributed by atoms with E-state index in [4.69, 9.17) is 16.2 Å². The highest BCUT2D eigenvalue weighted by atomic mass is 16.5. The number of guanidine groups is 1. The van der Waals surface area contributed by atoms with Crippen molar-refractivity contribution in [3.63, 3.8) is 0 Å². The molecule has 328 valence electrons. The number of aromatic hydroxyl groups is 1. The summed E-state index contributed by atoms with van der Waals surface area (Å²) in [5, 5.41) is 23.0. The van der Waals surface area contributed by atoms with Gasteiger partial charge in [-0.1, -0.05) is 119 Å². The Bertz CT molecular complexity index is 1980. The molecular weight excluding hydrogens is 773 g/mol. The lowest BCUT2D eigenvalue weighted by Crippen LogP contribution is -2.58. The van der Waals surface area contributed by atoms with E-state index in [1.54, 1.807) is 12.1 Å². The molecule has 14 nitrogen and oxygen atoms in total. The number of benzene rings is 3. The largest absolute Gasteiger partial charge is 0.508 e. The van der Waals surface area contributed by atoms with E-state index in [1.165, 1.54) is 31.4 Å². The van der Waals surface area contributed by atoms with Crippen LogP contribution in [-0.4, -0.2) is 83.1 Å². The van der Waals surface area contributed by atoms with Crippen LogP contribution in [0.3, 0.4) is 0 Å². The number of hydrogen-bond donors (Lipinski definition) is 8. The first-order valence-electron chi connectivity index (χ1n) is 21.8. The highest BCUT2D eigenvalue weighted by Crippen LogP contribution is 2.19. The van der Waals surface area contributed by atoms with Crippen molar-refractivity contribution >= 4 is 40.5 Å². The van der Waals surface area contributed by atoms with Crippen LogP contribution in [0.2, 0.25) is 0 Å². The van der Waals surface area contributed by atoms with Gasteiger partial charge in [0.05, 0.1) is 12.6 Å². The standard InChI is InChI=1S/C47H64N8O6/c1-2-3-4-5-6-7-8-12-20-39-43(57)54-40(28-33-22-24-37(56)25-23-33)44(58)52-36(27-32-16-10-9-11-17-32)31-61-42(21-15-26-50-47(48)49)46(60)55-41(45(59)53-39)30-35-29-34-18-13-14-19-38(34)51-35/h9-11,13-14,16-19,22-25,29,36,39-42,51,56H,2-8,12,15,20-21,26-28,30-31H2,1H3,(H,52,58)(H,53,59)(H,54,57)(H,55,60)(H4,48,49,50)/t36-,39?,40+,41+,42+/m1/s1. The number of fused-ring (bicyclic) bond motifs is 1. The van der Waals surface area contributed by atoms with E-state index in [2.05, 4.69) is 38.2 Å². The Kier molecular flexibility index (Phi) is 18.5. The van der Waals surface area contributed by atoms with E-state index in [-0.39, 0.29) is 44.1 Å². The summed E-state index contributed by atoms with van der Waals surface area (Å²) in [6, 6.07) is 22.0. The molecule has 1 unspecified atom stereocenters. The molecule has 0 aliphatic carbocycles. The molecule has 0 radical (unpaired) electrons. The number of rotatable bonds is 19. The Morgan fingerprint density at radius 2 is 1.26 bits per heavy atom. The molecular formula is C47H64N8O6. The summed E-state index contributed by atoms with van der Waals surface area (Å²) in [4.78, 5) is 65.0. The van der Waals surface area contributed by atoms with Gasteiger partial charge < -0.3 is 47.6 Å². The number of nitrogens with one attached hydrogen (secondary N) is 5. The topological polar surface area (TPSA) is 226 Å². The number of nitrogens with two attached hydrogens (primary N) is 2. The van der Waals surface area contributed by atoms with Gasteiger partial charge in [-0.25, -0.2) is 0 Å². The SMILES string of the molecule is CCCCCCCCCCC1NC(=O)[C@H](Cc2cc3ccccc3[nH]2)NC(=O)[C@H](CCCN=C(N)N)OC[C@@H](Cc2ccccc2)NC(=O)[C@H](Cc2ccc(O)cc2)NC1=O. The number of aromatic nitrogens is 1. The number of aromatic amines is 1. The molecule has 0 saturated carbocycles. The zero-order valence-electron chi connectivity index (χ0n) is 35.4. The van der Waals surface area contributed by atoms with Crippen LogP contribution >= 0.6 is 0 Å². The highest BCUT2D eigenvalue weighted by Gasteiger charge is 2.33. The number of unbranched alkanes of at least 4 members (excludes halogenated alkanes) is 7. The maximum absolute atomic E-state index is 14.5. The molecule has 5 rings (SSSR count). The summed E-state index contributed by atoms with van der Waals surface area (Å²) in [5.74, 6) is -2.01. The van der Waals surface area contributed by atoms with Crippen molar-refractivity contribution in [3.8, 4) is 5.75 Å². The van der Waals surface area contributed by atoms with Gasteiger partial charge in [-0.15, -0.1) is 0 Å². The van der Waals surface area contributed by atoms with Crippen molar-refractivity contribution in [1.29, 1.82) is 0 Å². The minimum absolute atomic E-state index is 0.0547. The Morgan fingerprint density at radius 3 is 1.98 bits per heavy atom. The van der Waals surface area contributed by atoms with Gasteiger partial charge in [-0.2, -0.15) is 0 Å². The van der Waals surface area contributed by atoms with E-state index < -0.39 is 53.9 Å². The molecule has 3 aromatic carbocycles. The average Bonchev–Trinajstić information content (AvgIpc) is 3.66. The third kappa shape index (κ3) is 15.6. The second-order valence-electron chi connectivity index (χ2n) is 16.1. The minimum atomic E-state index is -1.09. The number of hydrogen-bond acceptors (Lipinski definition) is 7. The normalized spacial score (nSPS) is 20.4. The summed E-state index contributed by atoms with van der Waals surface area (Å²) >= 11 is 0. The van der Waals surface area contributed by atoms with Crippen molar-refractivity contribution in [3.05, 3.63) is 102 Å². The monoisotopic (exact) mass is 836 g/mol. The number of amides is 4. The Morgan fingerprint density at radius 1 is 0.656 bits per heavy atom. The zero-order chi connectivity index (χ0) is 43.4. The quantitative estimate of drug-likeness (QED) is 0.0370. The molecule has 5 atom stereocenters. The molecule has 2 heterocycles. The van der Waals surface area contributed by atoms with Crippen molar-refractivity contribution < 1.29 is 29.0 Å². The Balaban J connectivity index is 1.49. The summed E-state index contributed by atoms with van der Waals surface area (Å²) in [7, 11) is 0. The lowest BCUT2D eigenvalue weighted by molar-refractivity contribution is -0.138. The summed E-state index contributed by atoms with van der Waals surface area (Å²) in [6.07, 6.45) is 8.90. The second-order valence-corrected chi connectivity index (χ2v) is 16.1. The van der Waals surface area contributed by atoms with Crippen LogP contribution in [0, 0.1) is 0 Å². The Hall–Kier alpha value is -5.89. The fraction of sp³-hybridized carbons (Fsp3) is 0.468. The number of H-pyrrole nitrogens is 1. The van der Waals surface area contributed by atoms with E-state index >= 15 is 0 Å². The number of aliphatic imine (C=N–C) groups is 1. The first-order chi connectivity index (χ1) is 29.6. The summed E-state index contributed by atoms with van der Waals surface area (Å²) in [6.45, 7) is 2.39. The number of carbonyl (C=O) groups is 4. The van der Waals surface area contributed by atoms with Gasteiger partial charge >= 0.3 is 0 Å². The number of carbonyl (C=O) groups excluding carboxylic acids is 4. The summed E-state index contributed by atoms with van der Waals surface area (Å²) < 4.78 is 6.38. The number of ether oxygens (including phenoxy) is 1. The maximum Gasteiger partial charge on any atom is 0.249 e. The van der Waals surface area contributed by atoms with E-state index in [1.807, 2.05) is 60.7 Å². The lowest BCUT2D eigenvalue weighted by atomic mass is 10.0. The molecule has 1 aromatic heterocycles. The third-order valence-electron chi connectivity index (χ3n) is 11.0. The average molecular weight is 837 g/mol.